The van der Waals surface area contributed by atoms with Gasteiger partial charge in [-0.05, 0) is 12.1 Å². The van der Waals surface area contributed by atoms with E-state index < -0.39 is 18.0 Å². The molecule has 1 aromatic rings. The lowest BCUT2D eigenvalue weighted by molar-refractivity contribution is -0.139. The number of hydrogen-bond donors (Lipinski definition) is 3. The molecule has 1 heterocycles. The van der Waals surface area contributed by atoms with Crippen molar-refractivity contribution in [2.45, 2.75) is 11.8 Å². The Balaban J connectivity index is 2.42. The molecule has 1 amide bonds. The lowest BCUT2D eigenvalue weighted by atomic mass is 10.3. The largest absolute Gasteiger partial charge is 0.480 e. The van der Waals surface area contributed by atoms with Gasteiger partial charge in [0.15, 0.2) is 0 Å². The smallest absolute Gasteiger partial charge is 0.371 e. The number of carbonyl (C=O) groups is 3. The Morgan fingerprint density at radius 2 is 2.17 bits per heavy atom. The first-order valence-electron chi connectivity index (χ1n) is 4.87. The minimum atomic E-state index is -1.16. The fourth-order valence-electron chi connectivity index (χ4n) is 1.12. The highest BCUT2D eigenvalue weighted by Gasteiger charge is 2.16. The Hall–Kier alpha value is -1.96. The van der Waals surface area contributed by atoms with Gasteiger partial charge in [-0.1, -0.05) is 0 Å². The number of carbonyl (C=O) groups excluding carboxylic acids is 1. The predicted octanol–water partition coefficient (Wildman–Crippen LogP) is 0.410. The van der Waals surface area contributed by atoms with Crippen molar-refractivity contribution in [3.8, 4) is 0 Å². The van der Waals surface area contributed by atoms with Crippen LogP contribution in [0.15, 0.2) is 16.5 Å². The summed E-state index contributed by atoms with van der Waals surface area (Å²) in [6.07, 6.45) is 0.328. The number of carboxylic acids is 2. The lowest BCUT2D eigenvalue weighted by Crippen LogP contribution is -2.37. The predicted molar refractivity (Wildman–Crippen MR) is 62.5 cm³/mol. The molecule has 8 heteroatoms. The quantitative estimate of drug-likeness (QED) is 0.587. The summed E-state index contributed by atoms with van der Waals surface area (Å²) in [4.78, 5) is 31.4. The van der Waals surface area contributed by atoms with E-state index in [4.69, 9.17) is 14.6 Å². The fraction of sp³-hybridized carbons (Fsp3) is 0.300. The topological polar surface area (TPSA) is 117 Å². The van der Waals surface area contributed by atoms with Crippen molar-refractivity contribution in [3.63, 3.8) is 0 Å². The first-order valence-corrected chi connectivity index (χ1v) is 6.02. The molecule has 0 aliphatic carbocycles. The molecule has 0 bridgehead atoms. The molecule has 98 valence electrons. The molecule has 0 fully saturated rings. The molecule has 1 aromatic heterocycles. The van der Waals surface area contributed by atoms with Crippen molar-refractivity contribution < 1.29 is 29.0 Å². The maximum absolute atomic E-state index is 10.7. The van der Waals surface area contributed by atoms with E-state index in [1.54, 1.807) is 0 Å². The molecular weight excluding hydrogens is 262 g/mol. The molecule has 7 nitrogen and oxygen atoms in total. The van der Waals surface area contributed by atoms with E-state index in [9.17, 15) is 14.4 Å². The monoisotopic (exact) mass is 273 g/mol. The number of aliphatic carboxylic acids is 1. The van der Waals surface area contributed by atoms with Crippen LogP contribution in [0.3, 0.4) is 0 Å². The minimum Gasteiger partial charge on any atom is -0.480 e. The lowest BCUT2D eigenvalue weighted by Gasteiger charge is -2.09. The third-order valence-electron chi connectivity index (χ3n) is 1.97. The Kier molecular flexibility index (Phi) is 5.25. The highest BCUT2D eigenvalue weighted by atomic mass is 32.2. The summed E-state index contributed by atoms with van der Waals surface area (Å²) in [7, 11) is 0. The van der Waals surface area contributed by atoms with Gasteiger partial charge in [0.25, 0.3) is 0 Å². The van der Waals surface area contributed by atoms with Crippen molar-refractivity contribution in [1.82, 2.24) is 5.32 Å². The number of rotatable bonds is 8. The molecule has 1 atom stereocenters. The molecule has 0 saturated heterocycles. The van der Waals surface area contributed by atoms with Crippen molar-refractivity contribution in [2.75, 3.05) is 5.75 Å². The first kappa shape index (κ1) is 14.1. The van der Waals surface area contributed by atoms with Gasteiger partial charge >= 0.3 is 11.9 Å². The van der Waals surface area contributed by atoms with E-state index >= 15 is 0 Å². The number of thioether (sulfide) groups is 1. The molecule has 18 heavy (non-hydrogen) atoms. The van der Waals surface area contributed by atoms with Gasteiger partial charge < -0.3 is 19.9 Å². The van der Waals surface area contributed by atoms with Crippen molar-refractivity contribution in [3.05, 3.63) is 23.7 Å². The molecule has 0 aromatic carbocycles. The van der Waals surface area contributed by atoms with Crippen molar-refractivity contribution in [1.29, 1.82) is 0 Å². The first-order chi connectivity index (χ1) is 8.54. The molecule has 0 aliphatic rings. The maximum atomic E-state index is 10.7. The van der Waals surface area contributed by atoms with Crippen LogP contribution < -0.4 is 5.32 Å². The second-order valence-electron chi connectivity index (χ2n) is 3.26. The van der Waals surface area contributed by atoms with Gasteiger partial charge in [-0.25, -0.2) is 9.59 Å². The highest BCUT2D eigenvalue weighted by molar-refractivity contribution is 7.98. The number of furan rings is 1. The molecule has 0 aliphatic heterocycles. The number of amides is 1. The summed E-state index contributed by atoms with van der Waals surface area (Å²) in [5.74, 6) is -1.51. The molecular formula is C10H11NO6S. The molecule has 0 spiro atoms. The van der Waals surface area contributed by atoms with Crippen LogP contribution in [0, 0.1) is 0 Å². The molecule has 3 N–H and O–H groups in total. The second kappa shape index (κ2) is 6.70. The standard InChI is InChI=1S/C10H11NO6S/c12-5-11-7(9(13)14)4-18-3-6-1-2-8(17-6)10(15)16/h1-2,5,7H,3-4H2,(H,11,12)(H,13,14)(H,15,16). The average Bonchev–Trinajstić information content (AvgIpc) is 2.76. The molecule has 1 rings (SSSR count). The summed E-state index contributed by atoms with van der Waals surface area (Å²) in [6.45, 7) is 0. The zero-order chi connectivity index (χ0) is 13.5. The second-order valence-corrected chi connectivity index (χ2v) is 4.29. The van der Waals surface area contributed by atoms with Crippen LogP contribution in [0.25, 0.3) is 0 Å². The van der Waals surface area contributed by atoms with E-state index in [-0.39, 0.29) is 11.5 Å². The van der Waals surface area contributed by atoms with Crippen molar-refractivity contribution in [2.24, 2.45) is 0 Å². The van der Waals surface area contributed by atoms with Crippen molar-refractivity contribution >= 4 is 30.1 Å². The minimum absolute atomic E-state index is 0.161. The Bertz CT molecular complexity index is 443. The summed E-state index contributed by atoms with van der Waals surface area (Å²) in [6, 6.07) is 1.87. The van der Waals surface area contributed by atoms with Gasteiger partial charge in [-0.15, -0.1) is 0 Å². The van der Waals surface area contributed by atoms with Crippen LogP contribution in [-0.4, -0.2) is 40.4 Å². The maximum Gasteiger partial charge on any atom is 0.371 e. The van der Waals surface area contributed by atoms with Gasteiger partial charge in [-0.3, -0.25) is 4.79 Å². The zero-order valence-corrected chi connectivity index (χ0v) is 9.98. The van der Waals surface area contributed by atoms with Crippen LogP contribution in [0.5, 0.6) is 0 Å². The van der Waals surface area contributed by atoms with Gasteiger partial charge in [0.1, 0.15) is 11.8 Å². The number of nitrogens with one attached hydrogen (secondary N) is 1. The van der Waals surface area contributed by atoms with Crippen LogP contribution >= 0.6 is 11.8 Å². The summed E-state index contributed by atoms with van der Waals surface area (Å²) < 4.78 is 4.99. The Morgan fingerprint density at radius 3 is 2.67 bits per heavy atom. The number of aromatic carboxylic acids is 1. The average molecular weight is 273 g/mol. The van der Waals surface area contributed by atoms with Gasteiger partial charge in [-0.2, -0.15) is 11.8 Å². The Labute approximate surface area is 106 Å². The van der Waals surface area contributed by atoms with E-state index in [1.165, 1.54) is 23.9 Å². The number of carboxylic acid groups (broad SMARTS) is 2. The Morgan fingerprint density at radius 1 is 1.44 bits per heavy atom. The van der Waals surface area contributed by atoms with Crippen LogP contribution in [0.1, 0.15) is 16.3 Å². The van der Waals surface area contributed by atoms with E-state index in [0.717, 1.165) is 0 Å². The van der Waals surface area contributed by atoms with Crippen LogP contribution in [-0.2, 0) is 15.3 Å². The summed E-state index contributed by atoms with van der Waals surface area (Å²) in [5.41, 5.74) is 0. The van der Waals surface area contributed by atoms with Gasteiger partial charge in [0.2, 0.25) is 12.2 Å². The fourth-order valence-corrected chi connectivity index (χ4v) is 2.07. The van der Waals surface area contributed by atoms with E-state index in [2.05, 4.69) is 5.32 Å². The third-order valence-corrected chi connectivity index (χ3v) is 3.03. The summed E-state index contributed by atoms with van der Waals surface area (Å²) >= 11 is 1.22. The highest BCUT2D eigenvalue weighted by Crippen LogP contribution is 2.16. The third kappa shape index (κ3) is 4.13. The van der Waals surface area contributed by atoms with Crippen LogP contribution in [0.2, 0.25) is 0 Å². The van der Waals surface area contributed by atoms with Gasteiger partial charge in [0.05, 0.1) is 5.75 Å². The van der Waals surface area contributed by atoms with Crippen LogP contribution in [0.4, 0.5) is 0 Å². The molecule has 0 radical (unpaired) electrons. The molecule has 0 saturated carbocycles. The van der Waals surface area contributed by atoms with E-state index in [1.807, 2.05) is 0 Å². The normalized spacial score (nSPS) is 11.8. The zero-order valence-electron chi connectivity index (χ0n) is 9.16. The van der Waals surface area contributed by atoms with Gasteiger partial charge in [0, 0.05) is 5.75 Å². The summed E-state index contributed by atoms with van der Waals surface area (Å²) in [5, 5.41) is 19.5. The number of hydrogen-bond acceptors (Lipinski definition) is 5. The SMILES string of the molecule is O=CNC(CSCc1ccc(C(=O)O)o1)C(=O)O. The van der Waals surface area contributed by atoms with E-state index in [0.29, 0.717) is 17.9 Å². The molecule has 1 unspecified atom stereocenters.